The number of hydrogen-bond acceptors (Lipinski definition) is 3. The first-order chi connectivity index (χ1) is 9.06. The number of nitrogens with two attached hydrogens (primary N) is 1. The summed E-state index contributed by atoms with van der Waals surface area (Å²) < 4.78 is 5.44. The topological polar surface area (TPSA) is 64.3 Å². The minimum Gasteiger partial charge on any atom is -0.484 e. The average Bonchev–Trinajstić information content (AvgIpc) is 2.43. The zero-order valence-electron chi connectivity index (χ0n) is 12.0. The van der Waals surface area contributed by atoms with Gasteiger partial charge in [-0.25, -0.2) is 0 Å². The van der Waals surface area contributed by atoms with Gasteiger partial charge in [-0.3, -0.25) is 4.79 Å². The summed E-state index contributed by atoms with van der Waals surface area (Å²) in [6.45, 7) is 6.09. The van der Waals surface area contributed by atoms with Crippen LogP contribution < -0.4 is 15.8 Å². The second kappa shape index (κ2) is 7.79. The Morgan fingerprint density at radius 2 is 1.84 bits per heavy atom. The Balaban J connectivity index is 2.41. The van der Waals surface area contributed by atoms with Crippen molar-refractivity contribution in [3.05, 3.63) is 29.8 Å². The average molecular weight is 264 g/mol. The van der Waals surface area contributed by atoms with Crippen LogP contribution in [0.25, 0.3) is 0 Å². The first-order valence-corrected chi connectivity index (χ1v) is 6.84. The van der Waals surface area contributed by atoms with Crippen LogP contribution in [-0.4, -0.2) is 18.6 Å². The van der Waals surface area contributed by atoms with Crippen LogP contribution in [-0.2, 0) is 4.79 Å². The van der Waals surface area contributed by atoms with Crippen molar-refractivity contribution in [3.8, 4) is 5.75 Å². The van der Waals surface area contributed by atoms with E-state index >= 15 is 0 Å². The molecule has 1 amide bonds. The summed E-state index contributed by atoms with van der Waals surface area (Å²) in [4.78, 5) is 11.7. The lowest BCUT2D eigenvalue weighted by atomic mass is 10.1. The van der Waals surface area contributed by atoms with E-state index in [0.717, 1.165) is 18.4 Å². The Bertz CT molecular complexity index is 384. The standard InChI is InChI=1S/C15H24N2O2/c1-4-13(5-2)17-15(18)10-19-14-8-6-12(7-9-14)11(3)16/h6-9,11,13H,4-5,10,16H2,1-3H3,(H,17,18). The zero-order chi connectivity index (χ0) is 14.3. The fourth-order valence-corrected chi connectivity index (χ4v) is 1.78. The molecule has 0 spiro atoms. The van der Waals surface area contributed by atoms with Crippen molar-refractivity contribution in [2.45, 2.75) is 45.7 Å². The SMILES string of the molecule is CCC(CC)NC(=O)COc1ccc(C(C)N)cc1. The maximum absolute atomic E-state index is 11.7. The smallest absolute Gasteiger partial charge is 0.258 e. The molecule has 1 unspecified atom stereocenters. The number of amides is 1. The molecule has 19 heavy (non-hydrogen) atoms. The van der Waals surface area contributed by atoms with E-state index in [2.05, 4.69) is 19.2 Å². The molecular weight excluding hydrogens is 240 g/mol. The maximum atomic E-state index is 11.7. The van der Waals surface area contributed by atoms with Crippen LogP contribution in [0.2, 0.25) is 0 Å². The zero-order valence-corrected chi connectivity index (χ0v) is 12.0. The van der Waals surface area contributed by atoms with Gasteiger partial charge in [0.05, 0.1) is 0 Å². The summed E-state index contributed by atoms with van der Waals surface area (Å²) in [5.74, 6) is 0.606. The number of carbonyl (C=O) groups is 1. The second-order valence-electron chi connectivity index (χ2n) is 4.73. The lowest BCUT2D eigenvalue weighted by Crippen LogP contribution is -2.37. The minimum atomic E-state index is -0.0787. The molecule has 0 aliphatic rings. The molecule has 4 heteroatoms. The molecule has 0 saturated heterocycles. The number of benzene rings is 1. The highest BCUT2D eigenvalue weighted by Crippen LogP contribution is 2.15. The molecule has 1 atom stereocenters. The van der Waals surface area contributed by atoms with Gasteiger partial charge in [0.2, 0.25) is 0 Å². The Hall–Kier alpha value is -1.55. The van der Waals surface area contributed by atoms with E-state index in [0.29, 0.717) is 5.75 Å². The molecule has 106 valence electrons. The third-order valence-electron chi connectivity index (χ3n) is 3.13. The van der Waals surface area contributed by atoms with Crippen molar-refractivity contribution in [2.24, 2.45) is 5.73 Å². The Kier molecular flexibility index (Phi) is 6.36. The van der Waals surface area contributed by atoms with Crippen LogP contribution in [0.5, 0.6) is 5.75 Å². The number of carbonyl (C=O) groups excluding carboxylic acids is 1. The molecule has 0 heterocycles. The molecule has 0 bridgehead atoms. The van der Waals surface area contributed by atoms with E-state index in [4.69, 9.17) is 10.5 Å². The fourth-order valence-electron chi connectivity index (χ4n) is 1.78. The predicted molar refractivity (Wildman–Crippen MR) is 77.1 cm³/mol. The van der Waals surface area contributed by atoms with Crippen LogP contribution in [0.4, 0.5) is 0 Å². The molecule has 0 aliphatic carbocycles. The van der Waals surface area contributed by atoms with Crippen molar-refractivity contribution >= 4 is 5.91 Å². The highest BCUT2D eigenvalue weighted by atomic mass is 16.5. The van der Waals surface area contributed by atoms with E-state index in [1.165, 1.54) is 0 Å². The number of rotatable bonds is 7. The van der Waals surface area contributed by atoms with Gasteiger partial charge in [-0.15, -0.1) is 0 Å². The molecular formula is C15H24N2O2. The fraction of sp³-hybridized carbons (Fsp3) is 0.533. The molecule has 0 aliphatic heterocycles. The minimum absolute atomic E-state index is 0.00668. The van der Waals surface area contributed by atoms with E-state index in [9.17, 15) is 4.79 Å². The number of nitrogens with one attached hydrogen (secondary N) is 1. The van der Waals surface area contributed by atoms with E-state index < -0.39 is 0 Å². The van der Waals surface area contributed by atoms with Gasteiger partial charge < -0.3 is 15.8 Å². The normalized spacial score (nSPS) is 12.3. The van der Waals surface area contributed by atoms with Crippen LogP contribution in [0.15, 0.2) is 24.3 Å². The molecule has 1 aromatic rings. The van der Waals surface area contributed by atoms with Crippen molar-refractivity contribution in [2.75, 3.05) is 6.61 Å². The molecule has 0 fully saturated rings. The van der Waals surface area contributed by atoms with Crippen LogP contribution in [0.3, 0.4) is 0 Å². The van der Waals surface area contributed by atoms with Crippen molar-refractivity contribution in [1.29, 1.82) is 0 Å². The van der Waals surface area contributed by atoms with Gasteiger partial charge in [-0.1, -0.05) is 26.0 Å². The monoisotopic (exact) mass is 264 g/mol. The number of hydrogen-bond donors (Lipinski definition) is 2. The van der Waals surface area contributed by atoms with Gasteiger partial charge in [-0.05, 0) is 37.5 Å². The highest BCUT2D eigenvalue weighted by Gasteiger charge is 2.08. The van der Waals surface area contributed by atoms with Crippen LogP contribution in [0.1, 0.15) is 45.2 Å². The van der Waals surface area contributed by atoms with E-state index in [1.54, 1.807) is 0 Å². The molecule has 0 aromatic heterocycles. The summed E-state index contributed by atoms with van der Waals surface area (Å²) in [6.07, 6.45) is 1.87. The molecule has 0 radical (unpaired) electrons. The summed E-state index contributed by atoms with van der Waals surface area (Å²) in [6, 6.07) is 7.74. The maximum Gasteiger partial charge on any atom is 0.258 e. The molecule has 3 N–H and O–H groups in total. The Morgan fingerprint density at radius 1 is 1.26 bits per heavy atom. The predicted octanol–water partition coefficient (Wildman–Crippen LogP) is 2.39. The Morgan fingerprint density at radius 3 is 2.32 bits per heavy atom. The molecule has 0 saturated carbocycles. The van der Waals surface area contributed by atoms with Crippen molar-refractivity contribution in [1.82, 2.24) is 5.32 Å². The number of ether oxygens (including phenoxy) is 1. The van der Waals surface area contributed by atoms with E-state index in [-0.39, 0.29) is 24.6 Å². The summed E-state index contributed by atoms with van der Waals surface area (Å²) in [5, 5.41) is 2.93. The molecule has 4 nitrogen and oxygen atoms in total. The third-order valence-corrected chi connectivity index (χ3v) is 3.13. The van der Waals surface area contributed by atoms with Crippen LogP contribution in [0, 0.1) is 0 Å². The first-order valence-electron chi connectivity index (χ1n) is 6.84. The molecule has 1 rings (SSSR count). The van der Waals surface area contributed by atoms with Gasteiger partial charge in [0.1, 0.15) is 5.75 Å². The third kappa shape index (κ3) is 5.30. The van der Waals surface area contributed by atoms with Crippen molar-refractivity contribution in [3.63, 3.8) is 0 Å². The quantitative estimate of drug-likeness (QED) is 0.794. The lowest BCUT2D eigenvalue weighted by molar-refractivity contribution is -0.123. The van der Waals surface area contributed by atoms with E-state index in [1.807, 2.05) is 31.2 Å². The van der Waals surface area contributed by atoms with Crippen LogP contribution >= 0.6 is 0 Å². The Labute approximate surface area is 115 Å². The highest BCUT2D eigenvalue weighted by molar-refractivity contribution is 5.77. The van der Waals surface area contributed by atoms with Gasteiger partial charge >= 0.3 is 0 Å². The van der Waals surface area contributed by atoms with Gasteiger partial charge in [0.15, 0.2) is 6.61 Å². The second-order valence-corrected chi connectivity index (χ2v) is 4.73. The summed E-state index contributed by atoms with van der Waals surface area (Å²) >= 11 is 0. The lowest BCUT2D eigenvalue weighted by Gasteiger charge is -2.15. The van der Waals surface area contributed by atoms with Gasteiger partial charge in [0, 0.05) is 12.1 Å². The molecule has 1 aromatic carbocycles. The van der Waals surface area contributed by atoms with Gasteiger partial charge in [0.25, 0.3) is 5.91 Å². The van der Waals surface area contributed by atoms with Crippen molar-refractivity contribution < 1.29 is 9.53 Å². The van der Waals surface area contributed by atoms with Gasteiger partial charge in [-0.2, -0.15) is 0 Å². The summed E-state index contributed by atoms with van der Waals surface area (Å²) in [5.41, 5.74) is 6.82. The summed E-state index contributed by atoms with van der Waals surface area (Å²) in [7, 11) is 0. The largest absolute Gasteiger partial charge is 0.484 e. The first kappa shape index (κ1) is 15.5.